The first-order valence-electron chi connectivity index (χ1n) is 6.12. The number of aliphatic hydroxyl groups excluding tert-OH is 1. The van der Waals surface area contributed by atoms with Crippen molar-refractivity contribution < 1.29 is 5.11 Å². The average Bonchev–Trinajstić information content (AvgIpc) is 2.37. The SMILES string of the molecule is CCC1CCC(C)CCN1CCCO. The van der Waals surface area contributed by atoms with Crippen molar-refractivity contribution in [3.05, 3.63) is 0 Å². The van der Waals surface area contributed by atoms with Crippen LogP contribution in [-0.4, -0.2) is 35.7 Å². The highest BCUT2D eigenvalue weighted by molar-refractivity contribution is 4.76. The highest BCUT2D eigenvalue weighted by Gasteiger charge is 2.21. The third-order valence-corrected chi connectivity index (χ3v) is 3.49. The van der Waals surface area contributed by atoms with Gasteiger partial charge in [0.05, 0.1) is 0 Å². The van der Waals surface area contributed by atoms with Gasteiger partial charge in [-0.1, -0.05) is 13.8 Å². The molecule has 1 heterocycles. The van der Waals surface area contributed by atoms with Crippen molar-refractivity contribution >= 4 is 0 Å². The van der Waals surface area contributed by atoms with E-state index in [1.54, 1.807) is 0 Å². The molecule has 0 aromatic rings. The van der Waals surface area contributed by atoms with Gasteiger partial charge in [0.1, 0.15) is 0 Å². The van der Waals surface area contributed by atoms with Crippen molar-refractivity contribution in [2.75, 3.05) is 19.7 Å². The molecule has 1 saturated heterocycles. The fourth-order valence-electron chi connectivity index (χ4n) is 2.40. The number of nitrogens with zero attached hydrogens (tertiary/aromatic N) is 1. The monoisotopic (exact) mass is 199 g/mol. The minimum Gasteiger partial charge on any atom is -0.396 e. The molecule has 14 heavy (non-hydrogen) atoms. The minimum absolute atomic E-state index is 0.336. The number of aliphatic hydroxyl groups is 1. The Morgan fingerprint density at radius 2 is 2.07 bits per heavy atom. The van der Waals surface area contributed by atoms with Gasteiger partial charge in [0.25, 0.3) is 0 Å². The summed E-state index contributed by atoms with van der Waals surface area (Å²) in [5.74, 6) is 0.892. The molecule has 2 nitrogen and oxygen atoms in total. The van der Waals surface area contributed by atoms with E-state index in [0.29, 0.717) is 6.61 Å². The summed E-state index contributed by atoms with van der Waals surface area (Å²) in [4.78, 5) is 2.58. The van der Waals surface area contributed by atoms with Crippen LogP contribution in [0.1, 0.15) is 46.0 Å². The maximum absolute atomic E-state index is 8.85. The first kappa shape index (κ1) is 12.0. The van der Waals surface area contributed by atoms with E-state index in [4.69, 9.17) is 5.11 Å². The molecule has 0 aromatic heterocycles. The second kappa shape index (κ2) is 6.41. The standard InChI is InChI=1S/C12H25NO/c1-3-12-6-5-11(2)7-9-13(12)8-4-10-14/h11-12,14H,3-10H2,1-2H3. The third kappa shape index (κ3) is 3.58. The van der Waals surface area contributed by atoms with Gasteiger partial charge in [-0.05, 0) is 44.6 Å². The number of hydrogen-bond donors (Lipinski definition) is 1. The summed E-state index contributed by atoms with van der Waals surface area (Å²) in [5, 5.41) is 8.85. The largest absolute Gasteiger partial charge is 0.396 e. The molecule has 0 radical (unpaired) electrons. The molecule has 2 heteroatoms. The lowest BCUT2D eigenvalue weighted by atomic mass is 10.0. The topological polar surface area (TPSA) is 23.5 Å². The fraction of sp³-hybridized carbons (Fsp3) is 1.00. The fourth-order valence-corrected chi connectivity index (χ4v) is 2.40. The Balaban J connectivity index is 2.41. The van der Waals surface area contributed by atoms with E-state index in [1.807, 2.05) is 0 Å². The maximum atomic E-state index is 8.85. The zero-order valence-corrected chi connectivity index (χ0v) is 9.71. The zero-order valence-electron chi connectivity index (χ0n) is 9.71. The highest BCUT2D eigenvalue weighted by Crippen LogP contribution is 2.23. The van der Waals surface area contributed by atoms with Crippen LogP contribution in [0, 0.1) is 5.92 Å². The molecule has 0 spiro atoms. The Morgan fingerprint density at radius 3 is 2.71 bits per heavy atom. The van der Waals surface area contributed by atoms with Crippen LogP contribution >= 0.6 is 0 Å². The van der Waals surface area contributed by atoms with Crippen molar-refractivity contribution in [2.45, 2.75) is 52.0 Å². The summed E-state index contributed by atoms with van der Waals surface area (Å²) in [7, 11) is 0. The molecule has 1 fully saturated rings. The van der Waals surface area contributed by atoms with Crippen LogP contribution < -0.4 is 0 Å². The molecular formula is C12H25NO. The van der Waals surface area contributed by atoms with E-state index in [2.05, 4.69) is 18.7 Å². The Kier molecular flexibility index (Phi) is 5.49. The third-order valence-electron chi connectivity index (χ3n) is 3.49. The Bertz CT molecular complexity index is 149. The molecule has 84 valence electrons. The summed E-state index contributed by atoms with van der Waals surface area (Å²) in [6.45, 7) is 7.30. The summed E-state index contributed by atoms with van der Waals surface area (Å²) in [6, 6.07) is 0.770. The molecule has 1 rings (SSSR count). The lowest BCUT2D eigenvalue weighted by Crippen LogP contribution is -2.35. The number of rotatable bonds is 4. The van der Waals surface area contributed by atoms with Crippen molar-refractivity contribution in [2.24, 2.45) is 5.92 Å². The second-order valence-electron chi connectivity index (χ2n) is 4.65. The molecule has 1 aliphatic rings. The first-order chi connectivity index (χ1) is 6.77. The predicted molar refractivity (Wildman–Crippen MR) is 60.4 cm³/mol. The van der Waals surface area contributed by atoms with Gasteiger partial charge >= 0.3 is 0 Å². The first-order valence-corrected chi connectivity index (χ1v) is 6.12. The van der Waals surface area contributed by atoms with Gasteiger partial charge in [0, 0.05) is 19.2 Å². The predicted octanol–water partition coefficient (Wildman–Crippen LogP) is 2.27. The van der Waals surface area contributed by atoms with Crippen molar-refractivity contribution in [3.8, 4) is 0 Å². The molecule has 2 unspecified atom stereocenters. The van der Waals surface area contributed by atoms with E-state index < -0.39 is 0 Å². The zero-order chi connectivity index (χ0) is 10.4. The Hall–Kier alpha value is -0.0800. The van der Waals surface area contributed by atoms with E-state index in [1.165, 1.54) is 32.2 Å². The van der Waals surface area contributed by atoms with Gasteiger partial charge in [0.15, 0.2) is 0 Å². The van der Waals surface area contributed by atoms with E-state index in [-0.39, 0.29) is 0 Å². The van der Waals surface area contributed by atoms with Gasteiger partial charge in [-0.3, -0.25) is 0 Å². The quantitative estimate of drug-likeness (QED) is 0.751. The van der Waals surface area contributed by atoms with Gasteiger partial charge in [0.2, 0.25) is 0 Å². The highest BCUT2D eigenvalue weighted by atomic mass is 16.3. The molecule has 1 N–H and O–H groups in total. The Morgan fingerprint density at radius 1 is 1.29 bits per heavy atom. The Labute approximate surface area is 88.3 Å². The van der Waals surface area contributed by atoms with Crippen LogP contribution in [0.4, 0.5) is 0 Å². The molecular weight excluding hydrogens is 174 g/mol. The maximum Gasteiger partial charge on any atom is 0.0443 e. The van der Waals surface area contributed by atoms with Crippen LogP contribution in [0.25, 0.3) is 0 Å². The smallest absolute Gasteiger partial charge is 0.0443 e. The van der Waals surface area contributed by atoms with Crippen molar-refractivity contribution in [3.63, 3.8) is 0 Å². The normalized spacial score (nSPS) is 30.2. The van der Waals surface area contributed by atoms with Gasteiger partial charge in [-0.25, -0.2) is 0 Å². The summed E-state index contributed by atoms with van der Waals surface area (Å²) in [6.07, 6.45) is 6.27. The molecule has 0 aliphatic carbocycles. The molecule has 0 aromatic carbocycles. The van der Waals surface area contributed by atoms with Crippen molar-refractivity contribution in [1.29, 1.82) is 0 Å². The summed E-state index contributed by atoms with van der Waals surface area (Å²) in [5.41, 5.74) is 0. The average molecular weight is 199 g/mol. The molecule has 0 amide bonds. The van der Waals surface area contributed by atoms with E-state index in [9.17, 15) is 0 Å². The second-order valence-corrected chi connectivity index (χ2v) is 4.65. The molecule has 2 atom stereocenters. The van der Waals surface area contributed by atoms with Crippen molar-refractivity contribution in [1.82, 2.24) is 4.90 Å². The molecule has 1 aliphatic heterocycles. The van der Waals surface area contributed by atoms with Crippen LogP contribution in [0.15, 0.2) is 0 Å². The van der Waals surface area contributed by atoms with Crippen LogP contribution in [0.5, 0.6) is 0 Å². The van der Waals surface area contributed by atoms with Gasteiger partial charge in [-0.2, -0.15) is 0 Å². The lowest BCUT2D eigenvalue weighted by molar-refractivity contribution is 0.172. The van der Waals surface area contributed by atoms with Crippen LogP contribution in [0.3, 0.4) is 0 Å². The molecule has 0 bridgehead atoms. The van der Waals surface area contributed by atoms with Crippen LogP contribution in [0.2, 0.25) is 0 Å². The van der Waals surface area contributed by atoms with Gasteiger partial charge < -0.3 is 10.0 Å². The number of hydrogen-bond acceptors (Lipinski definition) is 2. The molecule has 0 saturated carbocycles. The van der Waals surface area contributed by atoms with E-state index >= 15 is 0 Å². The summed E-state index contributed by atoms with van der Waals surface area (Å²) >= 11 is 0. The minimum atomic E-state index is 0.336. The lowest BCUT2D eigenvalue weighted by Gasteiger charge is -2.28. The number of likely N-dealkylation sites (tertiary alicyclic amines) is 1. The van der Waals surface area contributed by atoms with Crippen LogP contribution in [-0.2, 0) is 0 Å². The summed E-state index contributed by atoms with van der Waals surface area (Å²) < 4.78 is 0. The van der Waals surface area contributed by atoms with Gasteiger partial charge in [-0.15, -0.1) is 0 Å². The van der Waals surface area contributed by atoms with E-state index in [0.717, 1.165) is 24.9 Å².